The third kappa shape index (κ3) is 2.15. The van der Waals surface area contributed by atoms with Gasteiger partial charge in [-0.3, -0.25) is 0 Å². The molecule has 1 aliphatic heterocycles. The molecule has 5 heteroatoms. The van der Waals surface area contributed by atoms with Crippen molar-refractivity contribution in [2.75, 3.05) is 37.8 Å². The number of nitrogens with two attached hydrogens (primary N) is 1. The minimum atomic E-state index is 0.619. The van der Waals surface area contributed by atoms with Crippen molar-refractivity contribution in [3.05, 3.63) is 5.56 Å². The Morgan fingerprint density at radius 2 is 2.31 bits per heavy atom. The maximum Gasteiger partial charge on any atom is 0.142 e. The minimum Gasteiger partial charge on any atom is -0.383 e. The Balaban J connectivity index is 2.16. The number of hydrogen-bond donors (Lipinski definition) is 1. The Labute approximate surface area is 101 Å². The van der Waals surface area contributed by atoms with Gasteiger partial charge in [-0.2, -0.15) is 4.37 Å². The van der Waals surface area contributed by atoms with Crippen molar-refractivity contribution in [3.8, 4) is 0 Å². The predicted octanol–water partition coefficient (Wildman–Crippen LogP) is 1.56. The average molecular weight is 240 g/mol. The first-order valence-electron chi connectivity index (χ1n) is 5.72. The molecule has 0 amide bonds. The number of nitrogen functional groups attached to an aromatic ring is 1. The summed E-state index contributed by atoms with van der Waals surface area (Å²) in [5.41, 5.74) is 6.97. The lowest BCUT2D eigenvalue weighted by atomic mass is 10.2. The molecule has 1 saturated heterocycles. The molecule has 0 aliphatic carbocycles. The summed E-state index contributed by atoms with van der Waals surface area (Å²) in [7, 11) is 4.26. The van der Waals surface area contributed by atoms with E-state index in [1.54, 1.807) is 0 Å². The molecule has 2 N–H and O–H groups in total. The Morgan fingerprint density at radius 3 is 2.88 bits per heavy atom. The van der Waals surface area contributed by atoms with Crippen LogP contribution in [0.4, 0.5) is 10.8 Å². The van der Waals surface area contributed by atoms with Gasteiger partial charge in [-0.25, -0.2) is 0 Å². The van der Waals surface area contributed by atoms with Gasteiger partial charge in [0, 0.05) is 24.7 Å². The van der Waals surface area contributed by atoms with Crippen LogP contribution in [0.1, 0.15) is 18.4 Å². The van der Waals surface area contributed by atoms with Gasteiger partial charge < -0.3 is 15.5 Å². The van der Waals surface area contributed by atoms with Crippen molar-refractivity contribution in [3.63, 3.8) is 0 Å². The van der Waals surface area contributed by atoms with Gasteiger partial charge in [0.25, 0.3) is 0 Å². The van der Waals surface area contributed by atoms with E-state index in [-0.39, 0.29) is 0 Å². The molecule has 1 fully saturated rings. The highest BCUT2D eigenvalue weighted by Gasteiger charge is 2.28. The zero-order chi connectivity index (χ0) is 11.7. The highest BCUT2D eigenvalue weighted by atomic mass is 32.1. The summed E-state index contributed by atoms with van der Waals surface area (Å²) in [5, 5.41) is 1.27. The first-order chi connectivity index (χ1) is 7.59. The van der Waals surface area contributed by atoms with Crippen LogP contribution in [0.25, 0.3) is 0 Å². The van der Waals surface area contributed by atoms with Gasteiger partial charge in [-0.05, 0) is 45.4 Å². The van der Waals surface area contributed by atoms with Crippen molar-refractivity contribution in [2.24, 2.45) is 0 Å². The molecule has 16 heavy (non-hydrogen) atoms. The smallest absolute Gasteiger partial charge is 0.142 e. The van der Waals surface area contributed by atoms with Gasteiger partial charge >= 0.3 is 0 Å². The number of anilines is 2. The van der Waals surface area contributed by atoms with E-state index >= 15 is 0 Å². The fraction of sp³-hybridized carbons (Fsp3) is 0.727. The highest BCUT2D eigenvalue weighted by Crippen LogP contribution is 2.34. The molecule has 1 atom stereocenters. The van der Waals surface area contributed by atoms with Gasteiger partial charge in [0.15, 0.2) is 0 Å². The normalized spacial score (nSPS) is 21.0. The van der Waals surface area contributed by atoms with E-state index < -0.39 is 0 Å². The quantitative estimate of drug-likeness (QED) is 0.871. The summed E-state index contributed by atoms with van der Waals surface area (Å²) < 4.78 is 4.24. The van der Waals surface area contributed by atoms with E-state index in [0.717, 1.165) is 18.7 Å². The second kappa shape index (κ2) is 4.59. The molecular formula is C11H20N4S. The molecule has 90 valence electrons. The number of rotatable bonds is 3. The topological polar surface area (TPSA) is 45.4 Å². The molecule has 1 aromatic heterocycles. The molecule has 1 aromatic rings. The largest absolute Gasteiger partial charge is 0.383 e. The fourth-order valence-electron chi connectivity index (χ4n) is 2.32. The van der Waals surface area contributed by atoms with Gasteiger partial charge in [0.05, 0.1) is 0 Å². The maximum absolute atomic E-state index is 5.82. The zero-order valence-electron chi connectivity index (χ0n) is 10.2. The summed E-state index contributed by atoms with van der Waals surface area (Å²) in [6, 6.07) is 0.619. The fourth-order valence-corrected chi connectivity index (χ4v) is 3.23. The average Bonchev–Trinajstić information content (AvgIpc) is 2.76. The zero-order valence-corrected chi connectivity index (χ0v) is 11.0. The van der Waals surface area contributed by atoms with Crippen LogP contribution in [0.5, 0.6) is 0 Å². The predicted molar refractivity (Wildman–Crippen MR) is 70.2 cm³/mol. The van der Waals surface area contributed by atoms with Crippen LogP contribution < -0.4 is 10.6 Å². The van der Waals surface area contributed by atoms with Crippen molar-refractivity contribution in [2.45, 2.75) is 25.8 Å². The number of likely N-dealkylation sites (N-methyl/N-ethyl adjacent to an activating group) is 1. The van der Waals surface area contributed by atoms with Crippen LogP contribution in [0.2, 0.25) is 0 Å². The lowest BCUT2D eigenvalue weighted by Crippen LogP contribution is -2.37. The van der Waals surface area contributed by atoms with E-state index in [9.17, 15) is 0 Å². The summed E-state index contributed by atoms with van der Waals surface area (Å²) in [6.07, 6.45) is 2.55. The second-order valence-corrected chi connectivity index (χ2v) is 5.50. The van der Waals surface area contributed by atoms with E-state index in [1.807, 2.05) is 0 Å². The number of nitrogens with zero attached hydrogens (tertiary/aromatic N) is 3. The van der Waals surface area contributed by atoms with Crippen LogP contribution in [0.15, 0.2) is 0 Å². The molecule has 2 heterocycles. The molecule has 1 aliphatic rings. The van der Waals surface area contributed by atoms with Crippen molar-refractivity contribution in [1.29, 1.82) is 0 Å². The minimum absolute atomic E-state index is 0.619. The first kappa shape index (κ1) is 11.7. The molecule has 0 bridgehead atoms. The molecule has 0 spiro atoms. The summed E-state index contributed by atoms with van der Waals surface area (Å²) >= 11 is 1.54. The molecular weight excluding hydrogens is 220 g/mol. The molecule has 4 nitrogen and oxygen atoms in total. The standard InChI is InChI=1S/C11H20N4S/c1-8-10(12)13-16-11(8)15-6-4-5-9(15)7-14(2)3/h9H,4-7H2,1-3H3,(H2,12,13). The van der Waals surface area contributed by atoms with Crippen LogP contribution in [-0.2, 0) is 0 Å². The molecule has 2 rings (SSSR count). The van der Waals surface area contributed by atoms with E-state index in [1.165, 1.54) is 29.4 Å². The summed E-state index contributed by atoms with van der Waals surface area (Å²) in [6.45, 7) is 4.32. The molecule has 0 saturated carbocycles. The van der Waals surface area contributed by atoms with E-state index in [0.29, 0.717) is 11.9 Å². The Bertz CT molecular complexity index is 361. The highest BCUT2D eigenvalue weighted by molar-refractivity contribution is 7.10. The summed E-state index contributed by atoms with van der Waals surface area (Å²) in [5.74, 6) is 0.690. The third-order valence-electron chi connectivity index (χ3n) is 3.15. The molecule has 1 unspecified atom stereocenters. The second-order valence-electron chi connectivity index (χ2n) is 4.75. The Morgan fingerprint density at radius 1 is 1.56 bits per heavy atom. The Kier molecular flexibility index (Phi) is 3.35. The van der Waals surface area contributed by atoms with E-state index in [4.69, 9.17) is 5.73 Å². The van der Waals surface area contributed by atoms with Crippen LogP contribution >= 0.6 is 11.5 Å². The van der Waals surface area contributed by atoms with Crippen molar-refractivity contribution < 1.29 is 0 Å². The monoisotopic (exact) mass is 240 g/mol. The first-order valence-corrected chi connectivity index (χ1v) is 6.50. The van der Waals surface area contributed by atoms with Crippen LogP contribution in [0, 0.1) is 6.92 Å². The van der Waals surface area contributed by atoms with E-state index in [2.05, 4.69) is 35.2 Å². The Hall–Kier alpha value is -0.810. The van der Waals surface area contributed by atoms with Crippen LogP contribution in [0.3, 0.4) is 0 Å². The van der Waals surface area contributed by atoms with Gasteiger partial charge in [0.1, 0.15) is 10.8 Å². The van der Waals surface area contributed by atoms with Crippen molar-refractivity contribution >= 4 is 22.4 Å². The van der Waals surface area contributed by atoms with Crippen LogP contribution in [-0.4, -0.2) is 42.5 Å². The lowest BCUT2D eigenvalue weighted by Gasteiger charge is -2.27. The molecule has 0 aromatic carbocycles. The number of aromatic nitrogens is 1. The SMILES string of the molecule is Cc1c(N)nsc1N1CCCC1CN(C)C. The third-order valence-corrected chi connectivity index (χ3v) is 4.15. The van der Waals surface area contributed by atoms with Gasteiger partial charge in [-0.15, -0.1) is 0 Å². The maximum atomic E-state index is 5.82. The summed E-state index contributed by atoms with van der Waals surface area (Å²) in [4.78, 5) is 4.73. The van der Waals surface area contributed by atoms with Crippen molar-refractivity contribution in [1.82, 2.24) is 9.27 Å². The van der Waals surface area contributed by atoms with Gasteiger partial charge in [-0.1, -0.05) is 0 Å². The lowest BCUT2D eigenvalue weighted by molar-refractivity contribution is 0.372. The van der Waals surface area contributed by atoms with Gasteiger partial charge in [0.2, 0.25) is 0 Å². The number of hydrogen-bond acceptors (Lipinski definition) is 5. The molecule has 0 radical (unpaired) electrons.